The fraction of sp³-hybridized carbons (Fsp3) is 0. The maximum Gasteiger partial charge on any atom is 0.138 e. The molecular weight excluding hydrogens is 324 g/mol. The Morgan fingerprint density at radius 1 is 0.731 bits per heavy atom. The van der Waals surface area contributed by atoms with Crippen LogP contribution in [0.5, 0.6) is 5.75 Å². The van der Waals surface area contributed by atoms with Crippen LogP contribution < -0.4 is 11.5 Å². The summed E-state index contributed by atoms with van der Waals surface area (Å²) in [4.78, 5) is 8.25. The van der Waals surface area contributed by atoms with Crippen molar-refractivity contribution < 1.29 is 5.11 Å². The van der Waals surface area contributed by atoms with E-state index < -0.39 is 0 Å². The molecule has 0 radical (unpaired) electrons. The predicted octanol–water partition coefficient (Wildman–Crippen LogP) is 4.41. The van der Waals surface area contributed by atoms with Gasteiger partial charge < -0.3 is 21.6 Å². The Labute approximate surface area is 148 Å². The maximum atomic E-state index is 9.53. The van der Waals surface area contributed by atoms with Crippen LogP contribution in [0.4, 0.5) is 11.4 Å². The van der Waals surface area contributed by atoms with Crippen molar-refractivity contribution in [3.05, 3.63) is 60.7 Å². The number of imidazole rings is 1. The van der Waals surface area contributed by atoms with Crippen LogP contribution in [0.3, 0.4) is 0 Å². The van der Waals surface area contributed by atoms with Gasteiger partial charge in [0.05, 0.1) is 11.0 Å². The number of nitrogen functional groups attached to an aromatic ring is 2. The van der Waals surface area contributed by atoms with Crippen LogP contribution in [-0.2, 0) is 0 Å². The summed E-state index contributed by atoms with van der Waals surface area (Å²) in [6.45, 7) is 0. The molecule has 5 heteroatoms. The molecule has 0 aliphatic rings. The van der Waals surface area contributed by atoms with Gasteiger partial charge in [-0.3, -0.25) is 0 Å². The quantitative estimate of drug-likeness (QED) is 0.268. The lowest BCUT2D eigenvalue weighted by molar-refractivity contribution is 0.475. The zero-order valence-corrected chi connectivity index (χ0v) is 13.8. The van der Waals surface area contributed by atoms with Crippen molar-refractivity contribution in [2.75, 3.05) is 11.5 Å². The molecule has 0 fully saturated rings. The van der Waals surface area contributed by atoms with Gasteiger partial charge >= 0.3 is 0 Å². The molecule has 26 heavy (non-hydrogen) atoms. The van der Waals surface area contributed by atoms with E-state index in [9.17, 15) is 5.11 Å². The van der Waals surface area contributed by atoms with Crippen LogP contribution in [0.1, 0.15) is 0 Å². The minimum absolute atomic E-state index is 0.223. The van der Waals surface area contributed by atoms with E-state index in [0.717, 1.165) is 44.0 Å². The first-order valence-electron chi connectivity index (χ1n) is 8.30. The SMILES string of the molecule is Nc1ccc2c3ccc(N)cc3c3[nH]c(-c4ccc(O)cc4)nc3c2c1. The molecular formula is C21H16N4O. The van der Waals surface area contributed by atoms with Gasteiger partial charge in [-0.1, -0.05) is 12.1 Å². The summed E-state index contributed by atoms with van der Waals surface area (Å²) in [6, 6.07) is 18.7. The van der Waals surface area contributed by atoms with Crippen LogP contribution in [0.25, 0.3) is 44.0 Å². The topological polar surface area (TPSA) is 101 Å². The standard InChI is InChI=1S/C21H16N4O/c22-12-3-7-15-16-8-4-13(23)10-18(16)20-19(17(15)9-12)24-21(25-20)11-1-5-14(26)6-2-11/h1-10,26H,22-23H2,(H,24,25). The van der Waals surface area contributed by atoms with Crippen LogP contribution >= 0.6 is 0 Å². The normalized spacial score (nSPS) is 11.5. The Morgan fingerprint density at radius 2 is 1.35 bits per heavy atom. The highest BCUT2D eigenvalue weighted by Crippen LogP contribution is 2.37. The lowest BCUT2D eigenvalue weighted by Gasteiger charge is -2.07. The molecule has 1 heterocycles. The summed E-state index contributed by atoms with van der Waals surface area (Å²) in [5, 5.41) is 13.7. The first kappa shape index (κ1) is 14.6. The molecule has 0 amide bonds. The highest BCUT2D eigenvalue weighted by atomic mass is 16.3. The number of nitrogens with zero attached hydrogens (tertiary/aromatic N) is 1. The van der Waals surface area contributed by atoms with Crippen LogP contribution in [0, 0.1) is 0 Å². The second-order valence-electron chi connectivity index (χ2n) is 6.47. The van der Waals surface area contributed by atoms with Gasteiger partial charge in [-0.15, -0.1) is 0 Å². The van der Waals surface area contributed by atoms with E-state index in [0.29, 0.717) is 11.4 Å². The number of anilines is 2. The van der Waals surface area contributed by atoms with Gasteiger partial charge in [0, 0.05) is 27.7 Å². The summed E-state index contributed by atoms with van der Waals surface area (Å²) >= 11 is 0. The number of aromatic amines is 1. The molecule has 0 unspecified atom stereocenters. The van der Waals surface area contributed by atoms with Crippen molar-refractivity contribution in [1.82, 2.24) is 9.97 Å². The van der Waals surface area contributed by atoms with Crippen LogP contribution in [0.2, 0.25) is 0 Å². The molecule has 6 N–H and O–H groups in total. The summed E-state index contributed by atoms with van der Waals surface area (Å²) < 4.78 is 0. The van der Waals surface area contributed by atoms with Crippen molar-refractivity contribution in [1.29, 1.82) is 0 Å². The zero-order valence-electron chi connectivity index (χ0n) is 13.8. The Morgan fingerprint density at radius 3 is 2.04 bits per heavy atom. The Hall–Kier alpha value is -3.73. The van der Waals surface area contributed by atoms with E-state index in [2.05, 4.69) is 4.98 Å². The fourth-order valence-electron chi connectivity index (χ4n) is 3.52. The van der Waals surface area contributed by atoms with Crippen molar-refractivity contribution in [2.24, 2.45) is 0 Å². The number of phenolic OH excluding ortho intramolecular Hbond substituents is 1. The average Bonchev–Trinajstić information content (AvgIpc) is 3.08. The monoisotopic (exact) mass is 340 g/mol. The Kier molecular flexibility index (Phi) is 2.88. The van der Waals surface area contributed by atoms with Gasteiger partial charge in [-0.2, -0.15) is 0 Å². The molecule has 1 aromatic heterocycles. The Balaban J connectivity index is 1.95. The summed E-state index contributed by atoms with van der Waals surface area (Å²) in [5.74, 6) is 0.958. The minimum Gasteiger partial charge on any atom is -0.508 e. The number of nitrogens with two attached hydrogens (primary N) is 2. The molecule has 0 bridgehead atoms. The number of hydrogen-bond donors (Lipinski definition) is 4. The first-order valence-corrected chi connectivity index (χ1v) is 8.30. The third kappa shape index (κ3) is 2.07. The number of hydrogen-bond acceptors (Lipinski definition) is 4. The van der Waals surface area contributed by atoms with E-state index in [1.807, 2.05) is 48.5 Å². The van der Waals surface area contributed by atoms with Gasteiger partial charge in [0.2, 0.25) is 0 Å². The molecule has 0 saturated carbocycles. The maximum absolute atomic E-state index is 9.53. The molecule has 126 valence electrons. The molecule has 0 aliphatic carbocycles. The lowest BCUT2D eigenvalue weighted by Crippen LogP contribution is -1.89. The number of nitrogens with one attached hydrogen (secondary N) is 1. The first-order chi connectivity index (χ1) is 12.6. The largest absolute Gasteiger partial charge is 0.508 e. The van der Waals surface area contributed by atoms with E-state index in [-0.39, 0.29) is 5.75 Å². The van der Waals surface area contributed by atoms with Crippen molar-refractivity contribution in [3.8, 4) is 17.1 Å². The van der Waals surface area contributed by atoms with E-state index >= 15 is 0 Å². The third-order valence-electron chi connectivity index (χ3n) is 4.75. The summed E-state index contributed by atoms with van der Waals surface area (Å²) in [6.07, 6.45) is 0. The minimum atomic E-state index is 0.223. The second-order valence-corrected chi connectivity index (χ2v) is 6.47. The summed E-state index contributed by atoms with van der Waals surface area (Å²) in [5.41, 5.74) is 16.1. The molecule has 4 aromatic carbocycles. The highest BCUT2D eigenvalue weighted by molar-refractivity contribution is 6.24. The van der Waals surface area contributed by atoms with Gasteiger partial charge in [-0.05, 0) is 59.3 Å². The smallest absolute Gasteiger partial charge is 0.138 e. The number of aromatic hydroxyl groups is 1. The highest BCUT2D eigenvalue weighted by Gasteiger charge is 2.14. The molecule has 0 saturated heterocycles. The van der Waals surface area contributed by atoms with Gasteiger partial charge in [-0.25, -0.2) is 4.98 Å². The number of aromatic nitrogens is 2. The predicted molar refractivity (Wildman–Crippen MR) is 107 cm³/mol. The average molecular weight is 340 g/mol. The van der Waals surface area contributed by atoms with Crippen molar-refractivity contribution in [3.63, 3.8) is 0 Å². The molecule has 0 aliphatic heterocycles. The van der Waals surface area contributed by atoms with Gasteiger partial charge in [0.1, 0.15) is 11.6 Å². The number of H-pyrrole nitrogens is 1. The zero-order chi connectivity index (χ0) is 17.8. The lowest BCUT2D eigenvalue weighted by atomic mass is 9.99. The number of benzene rings is 4. The molecule has 0 spiro atoms. The van der Waals surface area contributed by atoms with Crippen LogP contribution in [0.15, 0.2) is 60.7 Å². The molecule has 5 nitrogen and oxygen atoms in total. The van der Waals surface area contributed by atoms with Crippen molar-refractivity contribution >= 4 is 44.0 Å². The molecule has 5 rings (SSSR count). The molecule has 0 atom stereocenters. The Bertz CT molecular complexity index is 1220. The number of fused-ring (bicyclic) bond motifs is 6. The summed E-state index contributed by atoms with van der Waals surface area (Å²) in [7, 11) is 0. The van der Waals surface area contributed by atoms with Gasteiger partial charge in [0.15, 0.2) is 0 Å². The fourth-order valence-corrected chi connectivity index (χ4v) is 3.52. The van der Waals surface area contributed by atoms with E-state index in [1.54, 1.807) is 12.1 Å². The third-order valence-corrected chi connectivity index (χ3v) is 4.75. The van der Waals surface area contributed by atoms with E-state index in [1.165, 1.54) is 0 Å². The number of rotatable bonds is 1. The molecule has 5 aromatic rings. The van der Waals surface area contributed by atoms with Gasteiger partial charge in [0.25, 0.3) is 0 Å². The second kappa shape index (κ2) is 5.13. The van der Waals surface area contributed by atoms with E-state index in [4.69, 9.17) is 16.5 Å². The van der Waals surface area contributed by atoms with Crippen molar-refractivity contribution in [2.45, 2.75) is 0 Å². The van der Waals surface area contributed by atoms with Crippen LogP contribution in [-0.4, -0.2) is 15.1 Å². The number of phenols is 1.